The first-order valence-electron chi connectivity index (χ1n) is 6.35. The predicted molar refractivity (Wildman–Crippen MR) is 66.4 cm³/mol. The molecule has 0 saturated carbocycles. The van der Waals surface area contributed by atoms with E-state index in [0.29, 0.717) is 13.2 Å². The van der Waals surface area contributed by atoms with E-state index in [4.69, 9.17) is 9.84 Å². The lowest BCUT2D eigenvalue weighted by Gasteiger charge is -2.28. The van der Waals surface area contributed by atoms with Crippen molar-refractivity contribution in [1.29, 1.82) is 0 Å². The van der Waals surface area contributed by atoms with Crippen LogP contribution in [0.4, 0.5) is 4.79 Å². The molecule has 2 amide bonds. The van der Waals surface area contributed by atoms with Crippen molar-refractivity contribution in [3.05, 3.63) is 0 Å². The summed E-state index contributed by atoms with van der Waals surface area (Å²) in [7, 11) is 0. The average Bonchev–Trinajstić information content (AvgIpc) is 2.25. The number of carboxylic acids is 1. The SMILES string of the molecule is CC(CNC(=O)NC1CCOC(C)C1)CC(=O)O. The lowest BCUT2D eigenvalue weighted by molar-refractivity contribution is -0.137. The number of carbonyl (C=O) groups excluding carboxylic acids is 1. The van der Waals surface area contributed by atoms with Crippen molar-refractivity contribution >= 4 is 12.0 Å². The number of hydrogen-bond acceptors (Lipinski definition) is 3. The van der Waals surface area contributed by atoms with Gasteiger partial charge in [0.15, 0.2) is 0 Å². The third kappa shape index (κ3) is 5.86. The number of aliphatic carboxylic acids is 1. The van der Waals surface area contributed by atoms with Gasteiger partial charge in [-0.15, -0.1) is 0 Å². The molecule has 3 N–H and O–H groups in total. The zero-order valence-corrected chi connectivity index (χ0v) is 10.9. The lowest BCUT2D eigenvalue weighted by Crippen LogP contribution is -2.46. The van der Waals surface area contributed by atoms with Crippen LogP contribution in [0.5, 0.6) is 0 Å². The molecule has 6 nitrogen and oxygen atoms in total. The predicted octanol–water partition coefficient (Wildman–Crippen LogP) is 0.964. The van der Waals surface area contributed by atoms with Crippen LogP contribution < -0.4 is 10.6 Å². The molecule has 18 heavy (non-hydrogen) atoms. The highest BCUT2D eigenvalue weighted by Gasteiger charge is 2.20. The summed E-state index contributed by atoms with van der Waals surface area (Å²) in [4.78, 5) is 22.1. The standard InChI is InChI=1S/C12H22N2O4/c1-8(5-11(15)16)7-13-12(17)14-10-3-4-18-9(2)6-10/h8-10H,3-7H2,1-2H3,(H,15,16)(H2,13,14,17). The number of urea groups is 1. The Hall–Kier alpha value is -1.30. The normalized spacial score (nSPS) is 25.2. The minimum Gasteiger partial charge on any atom is -0.481 e. The van der Waals surface area contributed by atoms with Gasteiger partial charge in [-0.1, -0.05) is 6.92 Å². The Balaban J connectivity index is 2.18. The van der Waals surface area contributed by atoms with E-state index in [0.717, 1.165) is 12.8 Å². The highest BCUT2D eigenvalue weighted by Crippen LogP contribution is 2.12. The van der Waals surface area contributed by atoms with E-state index in [1.54, 1.807) is 6.92 Å². The maximum absolute atomic E-state index is 11.6. The van der Waals surface area contributed by atoms with Crippen LogP contribution in [0.2, 0.25) is 0 Å². The van der Waals surface area contributed by atoms with Crippen molar-refractivity contribution in [3.8, 4) is 0 Å². The molecule has 3 atom stereocenters. The molecule has 0 bridgehead atoms. The first kappa shape index (κ1) is 14.8. The van der Waals surface area contributed by atoms with Crippen molar-refractivity contribution in [2.24, 2.45) is 5.92 Å². The van der Waals surface area contributed by atoms with Gasteiger partial charge in [0.1, 0.15) is 0 Å². The van der Waals surface area contributed by atoms with Gasteiger partial charge in [-0.25, -0.2) is 4.79 Å². The summed E-state index contributed by atoms with van der Waals surface area (Å²) in [5.74, 6) is -0.912. The van der Waals surface area contributed by atoms with Crippen molar-refractivity contribution in [3.63, 3.8) is 0 Å². The van der Waals surface area contributed by atoms with E-state index in [1.165, 1.54) is 0 Å². The summed E-state index contributed by atoms with van der Waals surface area (Å²) in [6, 6.07) is -0.0881. The van der Waals surface area contributed by atoms with Gasteiger partial charge >= 0.3 is 12.0 Å². The largest absolute Gasteiger partial charge is 0.481 e. The number of nitrogens with one attached hydrogen (secondary N) is 2. The molecule has 3 unspecified atom stereocenters. The Morgan fingerprint density at radius 2 is 2.22 bits per heavy atom. The molecule has 0 spiro atoms. The van der Waals surface area contributed by atoms with Crippen LogP contribution in [0.15, 0.2) is 0 Å². The molecule has 1 saturated heterocycles. The number of ether oxygens (including phenoxy) is 1. The molecule has 1 aliphatic heterocycles. The van der Waals surface area contributed by atoms with E-state index in [9.17, 15) is 9.59 Å². The van der Waals surface area contributed by atoms with Crippen LogP contribution in [0.3, 0.4) is 0 Å². The lowest BCUT2D eigenvalue weighted by atomic mass is 10.0. The third-order valence-corrected chi connectivity index (χ3v) is 2.95. The molecule has 1 aliphatic rings. The Kier molecular flexibility index (Phi) is 5.91. The fraction of sp³-hybridized carbons (Fsp3) is 0.833. The summed E-state index contributed by atoms with van der Waals surface area (Å²) in [6.45, 7) is 4.82. The molecule has 0 aliphatic carbocycles. The van der Waals surface area contributed by atoms with E-state index in [1.807, 2.05) is 6.92 Å². The fourth-order valence-corrected chi connectivity index (χ4v) is 2.00. The van der Waals surface area contributed by atoms with Crippen LogP contribution >= 0.6 is 0 Å². The van der Waals surface area contributed by atoms with Crippen LogP contribution in [0.1, 0.15) is 33.1 Å². The van der Waals surface area contributed by atoms with Crippen molar-refractivity contribution in [1.82, 2.24) is 10.6 Å². The highest BCUT2D eigenvalue weighted by atomic mass is 16.5. The van der Waals surface area contributed by atoms with Gasteiger partial charge in [-0.3, -0.25) is 4.79 Å². The van der Waals surface area contributed by atoms with E-state index in [-0.39, 0.29) is 30.5 Å². The second-order valence-electron chi connectivity index (χ2n) is 4.96. The van der Waals surface area contributed by atoms with E-state index in [2.05, 4.69) is 10.6 Å². The van der Waals surface area contributed by atoms with Crippen LogP contribution in [0.25, 0.3) is 0 Å². The second kappa shape index (κ2) is 7.20. The zero-order chi connectivity index (χ0) is 13.5. The molecule has 0 radical (unpaired) electrons. The van der Waals surface area contributed by atoms with Crippen molar-refractivity contribution < 1.29 is 19.4 Å². The number of carboxylic acid groups (broad SMARTS) is 1. The van der Waals surface area contributed by atoms with Gasteiger partial charge in [0.2, 0.25) is 0 Å². The number of amides is 2. The summed E-state index contributed by atoms with van der Waals surface area (Å²) < 4.78 is 5.39. The van der Waals surface area contributed by atoms with Crippen LogP contribution in [-0.2, 0) is 9.53 Å². The maximum atomic E-state index is 11.6. The Labute approximate surface area is 107 Å². The van der Waals surface area contributed by atoms with Gasteiger partial charge in [-0.2, -0.15) is 0 Å². The molecule has 0 aromatic carbocycles. The van der Waals surface area contributed by atoms with E-state index >= 15 is 0 Å². The van der Waals surface area contributed by atoms with Gasteiger partial charge in [0.25, 0.3) is 0 Å². The molecular weight excluding hydrogens is 236 g/mol. The van der Waals surface area contributed by atoms with Gasteiger partial charge in [0, 0.05) is 25.6 Å². The first-order chi connectivity index (χ1) is 8.47. The number of carbonyl (C=O) groups is 2. The summed E-state index contributed by atoms with van der Waals surface area (Å²) in [5.41, 5.74) is 0. The molecule has 0 aromatic heterocycles. The Bertz CT molecular complexity index is 296. The average molecular weight is 258 g/mol. The number of rotatable bonds is 5. The zero-order valence-electron chi connectivity index (χ0n) is 10.9. The number of hydrogen-bond donors (Lipinski definition) is 3. The maximum Gasteiger partial charge on any atom is 0.315 e. The highest BCUT2D eigenvalue weighted by molar-refractivity contribution is 5.74. The molecule has 6 heteroatoms. The quantitative estimate of drug-likeness (QED) is 0.685. The summed E-state index contributed by atoms with van der Waals surface area (Å²) in [6.07, 6.45) is 1.88. The van der Waals surface area contributed by atoms with Crippen LogP contribution in [-0.4, -0.2) is 42.4 Å². The minimum absolute atomic E-state index is 0.0641. The summed E-state index contributed by atoms with van der Waals surface area (Å²) in [5, 5.41) is 14.2. The van der Waals surface area contributed by atoms with Crippen molar-refractivity contribution in [2.45, 2.75) is 45.3 Å². The van der Waals surface area contributed by atoms with E-state index < -0.39 is 5.97 Å². The molecule has 0 aromatic rings. The fourth-order valence-electron chi connectivity index (χ4n) is 2.00. The Morgan fingerprint density at radius 1 is 1.50 bits per heavy atom. The summed E-state index contributed by atoms with van der Waals surface area (Å²) >= 11 is 0. The van der Waals surface area contributed by atoms with Gasteiger partial charge in [-0.05, 0) is 25.7 Å². The molecule has 1 fully saturated rings. The molecular formula is C12H22N2O4. The first-order valence-corrected chi connectivity index (χ1v) is 6.35. The topological polar surface area (TPSA) is 87.7 Å². The molecule has 1 rings (SSSR count). The Morgan fingerprint density at radius 3 is 2.83 bits per heavy atom. The van der Waals surface area contributed by atoms with Gasteiger partial charge in [0.05, 0.1) is 6.10 Å². The van der Waals surface area contributed by atoms with Crippen LogP contribution in [0, 0.1) is 5.92 Å². The third-order valence-electron chi connectivity index (χ3n) is 2.95. The minimum atomic E-state index is -0.844. The van der Waals surface area contributed by atoms with Gasteiger partial charge < -0.3 is 20.5 Å². The second-order valence-corrected chi connectivity index (χ2v) is 4.96. The molecule has 1 heterocycles. The smallest absolute Gasteiger partial charge is 0.315 e. The van der Waals surface area contributed by atoms with Crippen molar-refractivity contribution in [2.75, 3.05) is 13.2 Å². The monoisotopic (exact) mass is 258 g/mol. The molecule has 104 valence electrons.